The summed E-state index contributed by atoms with van der Waals surface area (Å²) in [4.78, 5) is 0. The first kappa shape index (κ1) is 18.8. The van der Waals surface area contributed by atoms with Crippen LogP contribution in [0.4, 0.5) is 8.78 Å². The molecule has 0 heterocycles. The molecule has 2 nitrogen and oxygen atoms in total. The Hall–Kier alpha value is -1.22. The Morgan fingerprint density at radius 3 is 2.23 bits per heavy atom. The van der Waals surface area contributed by atoms with Crippen molar-refractivity contribution in [2.24, 2.45) is 0 Å². The van der Waals surface area contributed by atoms with Gasteiger partial charge in [0.2, 0.25) is 0 Å². The van der Waals surface area contributed by atoms with Crippen molar-refractivity contribution in [3.05, 3.63) is 35.9 Å². The number of alkyl halides is 2. The molecule has 0 saturated carbocycles. The predicted octanol–water partition coefficient (Wildman–Crippen LogP) is 4.38. The molecule has 1 aromatic carbocycles. The summed E-state index contributed by atoms with van der Waals surface area (Å²) in [5.74, 6) is 0.700. The lowest BCUT2D eigenvalue weighted by Gasteiger charge is -2.35. The molecule has 1 atom stereocenters. The van der Waals surface area contributed by atoms with Crippen LogP contribution in [0.5, 0.6) is 0 Å². The maximum absolute atomic E-state index is 13.9. The van der Waals surface area contributed by atoms with Gasteiger partial charge in [0.1, 0.15) is 0 Å². The average molecular weight is 326 g/mol. The highest BCUT2D eigenvalue weighted by Gasteiger charge is 2.38. The van der Waals surface area contributed by atoms with Crippen LogP contribution in [0.2, 0.25) is 18.1 Å². The summed E-state index contributed by atoms with van der Waals surface area (Å²) >= 11 is 0. The fourth-order valence-electron chi connectivity index (χ4n) is 1.50. The lowest BCUT2D eigenvalue weighted by molar-refractivity contribution is -0.0636. The molecule has 0 saturated heterocycles. The highest BCUT2D eigenvalue weighted by molar-refractivity contribution is 6.74. The molecule has 0 aromatic heterocycles. The number of aliphatic hydroxyl groups is 1. The van der Waals surface area contributed by atoms with Gasteiger partial charge in [-0.2, -0.15) is 8.78 Å². The summed E-state index contributed by atoms with van der Waals surface area (Å²) in [6.07, 6.45) is -1.94. The lowest BCUT2D eigenvalue weighted by Crippen LogP contribution is -2.40. The summed E-state index contributed by atoms with van der Waals surface area (Å²) in [7, 11) is -2.00. The lowest BCUT2D eigenvalue weighted by atomic mass is 10.0. The molecule has 0 amide bonds. The highest BCUT2D eigenvalue weighted by atomic mass is 28.4. The Kier molecular flexibility index (Phi) is 5.91. The third kappa shape index (κ3) is 4.91. The molecule has 0 radical (unpaired) electrons. The minimum atomic E-state index is -3.50. The van der Waals surface area contributed by atoms with Crippen LogP contribution in [0.15, 0.2) is 30.3 Å². The Morgan fingerprint density at radius 2 is 1.73 bits per heavy atom. The molecule has 5 heteroatoms. The summed E-state index contributed by atoms with van der Waals surface area (Å²) < 4.78 is 33.5. The van der Waals surface area contributed by atoms with Crippen LogP contribution in [0, 0.1) is 11.8 Å². The van der Waals surface area contributed by atoms with Crippen molar-refractivity contribution < 1.29 is 18.3 Å². The van der Waals surface area contributed by atoms with Gasteiger partial charge in [-0.3, -0.25) is 0 Å². The van der Waals surface area contributed by atoms with Crippen molar-refractivity contribution in [1.82, 2.24) is 0 Å². The number of rotatable bonds is 4. The normalized spacial score (nSPS) is 14.2. The maximum Gasteiger partial charge on any atom is 0.337 e. The van der Waals surface area contributed by atoms with Gasteiger partial charge in [0.05, 0.1) is 6.61 Å². The van der Waals surface area contributed by atoms with Crippen molar-refractivity contribution in [2.75, 3.05) is 6.61 Å². The Morgan fingerprint density at radius 1 is 1.18 bits per heavy atom. The van der Waals surface area contributed by atoms with Crippen LogP contribution in [0.25, 0.3) is 0 Å². The molecule has 0 fully saturated rings. The molecule has 0 aliphatic carbocycles. The van der Waals surface area contributed by atoms with Crippen LogP contribution in [-0.4, -0.2) is 26.0 Å². The number of halogens is 2. The fourth-order valence-corrected chi connectivity index (χ4v) is 2.37. The summed E-state index contributed by atoms with van der Waals surface area (Å²) in [5, 5.41) is 9.75. The van der Waals surface area contributed by atoms with E-state index in [0.717, 1.165) is 0 Å². The first-order valence-corrected chi connectivity index (χ1v) is 10.1. The second-order valence-electron chi connectivity index (χ2n) is 6.79. The smallest absolute Gasteiger partial charge is 0.337 e. The van der Waals surface area contributed by atoms with Gasteiger partial charge in [0.15, 0.2) is 14.4 Å². The van der Waals surface area contributed by atoms with Gasteiger partial charge < -0.3 is 9.53 Å². The van der Waals surface area contributed by atoms with Crippen LogP contribution in [0.3, 0.4) is 0 Å². The van der Waals surface area contributed by atoms with Gasteiger partial charge in [0.25, 0.3) is 0 Å². The number of hydrogen-bond acceptors (Lipinski definition) is 2. The third-order valence-electron chi connectivity index (χ3n) is 4.03. The number of benzene rings is 1. The van der Waals surface area contributed by atoms with Crippen LogP contribution in [0.1, 0.15) is 32.4 Å². The molecule has 22 heavy (non-hydrogen) atoms. The van der Waals surface area contributed by atoms with E-state index in [1.54, 1.807) is 18.2 Å². The summed E-state index contributed by atoms with van der Waals surface area (Å²) in [6.45, 7) is 10.2. The van der Waals surface area contributed by atoms with E-state index in [1.165, 1.54) is 12.1 Å². The molecule has 0 aliphatic heterocycles. The Bertz CT molecular complexity index is 539. The minimum Gasteiger partial charge on any atom is -0.406 e. The zero-order valence-electron chi connectivity index (χ0n) is 13.8. The highest BCUT2D eigenvalue weighted by Crippen LogP contribution is 2.36. The first-order valence-electron chi connectivity index (χ1n) is 7.22. The summed E-state index contributed by atoms with van der Waals surface area (Å²) in [5.41, 5.74) is 0.145. The van der Waals surface area contributed by atoms with Gasteiger partial charge >= 0.3 is 5.92 Å². The van der Waals surface area contributed by atoms with Gasteiger partial charge in [-0.15, -0.1) is 0 Å². The topological polar surface area (TPSA) is 29.5 Å². The van der Waals surface area contributed by atoms with E-state index in [-0.39, 0.29) is 17.2 Å². The van der Waals surface area contributed by atoms with E-state index in [4.69, 9.17) is 4.43 Å². The van der Waals surface area contributed by atoms with E-state index in [1.807, 2.05) is 19.0 Å². The molecule has 0 bridgehead atoms. The molecule has 1 rings (SSSR count). The van der Waals surface area contributed by atoms with E-state index >= 15 is 0 Å². The van der Waals surface area contributed by atoms with Crippen LogP contribution in [-0.2, 0) is 4.43 Å². The number of aliphatic hydroxyl groups excluding tert-OH is 1. The fraction of sp³-hybridized carbons (Fsp3) is 0.529. The van der Waals surface area contributed by atoms with Crippen LogP contribution < -0.4 is 0 Å². The van der Waals surface area contributed by atoms with Crippen molar-refractivity contribution in [2.45, 2.75) is 50.9 Å². The molecule has 1 N–H and O–H groups in total. The standard InChI is InChI=1S/C17H24F2O2Si/c1-16(2,3)22(4,5)21-13-9-12-17(18,19)15(20)14-10-7-6-8-11-14/h6-8,10-11,15,20H,13H2,1-5H3. The zero-order chi connectivity index (χ0) is 17.0. The van der Waals surface area contributed by atoms with Crippen molar-refractivity contribution in [3.8, 4) is 11.8 Å². The molecule has 122 valence electrons. The van der Waals surface area contributed by atoms with Gasteiger partial charge in [-0.1, -0.05) is 57.0 Å². The van der Waals surface area contributed by atoms with E-state index < -0.39 is 20.3 Å². The monoisotopic (exact) mass is 326 g/mol. The first-order chi connectivity index (χ1) is 9.97. The second-order valence-corrected chi connectivity index (χ2v) is 11.6. The Labute approximate surface area is 132 Å². The van der Waals surface area contributed by atoms with Crippen molar-refractivity contribution >= 4 is 8.32 Å². The van der Waals surface area contributed by atoms with Crippen molar-refractivity contribution in [1.29, 1.82) is 0 Å². The maximum atomic E-state index is 13.9. The Balaban J connectivity index is 2.71. The second kappa shape index (κ2) is 6.91. The molecule has 1 aromatic rings. The van der Waals surface area contributed by atoms with E-state index in [2.05, 4.69) is 26.7 Å². The van der Waals surface area contributed by atoms with Gasteiger partial charge in [0, 0.05) is 0 Å². The predicted molar refractivity (Wildman–Crippen MR) is 87.3 cm³/mol. The number of hydrogen-bond donors (Lipinski definition) is 1. The largest absolute Gasteiger partial charge is 0.406 e. The minimum absolute atomic E-state index is 0.000744. The third-order valence-corrected chi connectivity index (χ3v) is 8.50. The quantitative estimate of drug-likeness (QED) is 0.657. The zero-order valence-corrected chi connectivity index (χ0v) is 14.8. The van der Waals surface area contributed by atoms with E-state index in [9.17, 15) is 13.9 Å². The van der Waals surface area contributed by atoms with Crippen LogP contribution >= 0.6 is 0 Å². The van der Waals surface area contributed by atoms with Crippen molar-refractivity contribution in [3.63, 3.8) is 0 Å². The molecule has 1 unspecified atom stereocenters. The summed E-state index contributed by atoms with van der Waals surface area (Å²) in [6, 6.07) is 7.80. The average Bonchev–Trinajstić information content (AvgIpc) is 2.42. The molecular weight excluding hydrogens is 302 g/mol. The molecule has 0 spiro atoms. The van der Waals surface area contributed by atoms with E-state index in [0.29, 0.717) is 0 Å². The molecular formula is C17H24F2O2Si. The SMILES string of the molecule is CC(C)(C)[Si](C)(C)OCC#CC(F)(F)C(O)c1ccccc1. The van der Waals surface area contributed by atoms with Gasteiger partial charge in [-0.25, -0.2) is 0 Å². The molecule has 0 aliphatic rings. The van der Waals surface area contributed by atoms with Gasteiger partial charge in [-0.05, 0) is 29.6 Å².